The maximum atomic E-state index is 6.82. The van der Waals surface area contributed by atoms with Crippen molar-refractivity contribution in [1.29, 1.82) is 0 Å². The molecular formula is C132H75B3O6. The minimum atomic E-state index is 0.0414. The van der Waals surface area contributed by atoms with E-state index in [2.05, 4.69) is 400 Å². The first-order chi connectivity index (χ1) is 70.0. The van der Waals surface area contributed by atoms with Crippen molar-refractivity contribution in [3.63, 3.8) is 0 Å². The van der Waals surface area contributed by atoms with Gasteiger partial charge < -0.3 is 28.4 Å². The van der Waals surface area contributed by atoms with Crippen molar-refractivity contribution in [3.8, 4) is 102 Å². The average molecular weight is 1790 g/mol. The highest BCUT2D eigenvalue weighted by molar-refractivity contribution is 7.00. The second-order valence-electron chi connectivity index (χ2n) is 38.2. The first-order valence-electron chi connectivity index (χ1n) is 48.6. The zero-order valence-corrected chi connectivity index (χ0v) is 76.0. The molecule has 33 rings (SSSR count). The summed E-state index contributed by atoms with van der Waals surface area (Å²) in [4.78, 5) is 0. The van der Waals surface area contributed by atoms with Gasteiger partial charge in [0.05, 0.1) is 0 Å². The molecule has 0 aliphatic carbocycles. The number of para-hydroxylation sites is 5. The zero-order valence-electron chi connectivity index (χ0n) is 76.0. The van der Waals surface area contributed by atoms with E-state index < -0.39 is 0 Å². The summed E-state index contributed by atoms with van der Waals surface area (Å²) in [5, 5.41) is 38.6. The fraction of sp³-hybridized carbons (Fsp3) is 0. The van der Waals surface area contributed by atoms with Crippen LogP contribution in [0, 0.1) is 0 Å². The van der Waals surface area contributed by atoms with Crippen LogP contribution in [0.2, 0.25) is 0 Å². The minimum Gasteiger partial charge on any atom is -0.458 e. The Morgan fingerprint density at radius 2 is 0.340 bits per heavy atom. The van der Waals surface area contributed by atoms with Crippen molar-refractivity contribution < 1.29 is 28.4 Å². The van der Waals surface area contributed by atoms with E-state index in [4.69, 9.17) is 28.4 Å². The highest BCUT2D eigenvalue weighted by atomic mass is 16.5. The van der Waals surface area contributed by atoms with Gasteiger partial charge in [-0.1, -0.05) is 370 Å². The van der Waals surface area contributed by atoms with Crippen LogP contribution in [0.4, 0.5) is 0 Å². The molecule has 141 heavy (non-hydrogen) atoms. The SMILES string of the molecule is c1ccc2c(c1)Oc1cc(-c3ccc4c(c3)c3ccccc3c3c5ccccc5c5ccccc5c43)cc3c1B2c1ccccc1O3.c1ccc2c(c1)Oc1cccc3c1B2c1cc(-c2ccc4c(c2)c2ccccc2c2c5ccccc5c5ccccc5c42)ccc1O3.c1ccc2c(c1)Oc1cccc3c1B2c1cccc(-c2ccc4c(c2)c2ccccc2c2c5ccccc5c5ccccc5c42)c1O3. The van der Waals surface area contributed by atoms with Crippen LogP contribution in [0.25, 0.3) is 195 Å². The van der Waals surface area contributed by atoms with E-state index in [0.29, 0.717) is 0 Å². The fourth-order valence-electron chi connectivity index (χ4n) is 25.1. The molecule has 648 valence electrons. The van der Waals surface area contributed by atoms with Gasteiger partial charge in [0, 0.05) is 22.0 Å². The van der Waals surface area contributed by atoms with Crippen LogP contribution in [-0.4, -0.2) is 20.1 Å². The number of hydrogen-bond acceptors (Lipinski definition) is 6. The lowest BCUT2D eigenvalue weighted by Crippen LogP contribution is -2.57. The van der Waals surface area contributed by atoms with E-state index in [1.54, 1.807) is 0 Å². The van der Waals surface area contributed by atoms with Crippen molar-refractivity contribution in [1.82, 2.24) is 0 Å². The molecular weight excluding hydrogens is 1710 g/mol. The minimum absolute atomic E-state index is 0.0414. The van der Waals surface area contributed by atoms with Crippen molar-refractivity contribution in [2.75, 3.05) is 0 Å². The third kappa shape index (κ3) is 11.5. The standard InChI is InChI=1S/3C44H25BO2/c1-4-14-31-28(11-1)29-12-2-5-15-32(29)43-34-22-21-26(23-35(34)30-13-3-6-16-33(30)42(31)43)27-24-40-44-41(25-27)47-39-20-10-8-18-37(39)45(44)36-17-7-9-19-38(36)46-40;1-4-14-31-28(11-1)29-12-2-5-15-32(29)42-34-24-23-26(25-35(34)30-13-3-6-16-33(30)41(31)42)27-17-9-19-37-44(27)47-40-22-10-21-39-43(40)45(37)36-18-7-8-20-38(36)46-39;1-4-13-31-28(10-1)29-11-2-5-14-32(29)43-34-22-20-26(24-35(34)30-12-3-6-15-33(30)42(31)43)27-21-23-39-37(25-27)45-36-16-7-8-17-38(36)46-40-18-9-19-41(47-39)44(40)45/h3*1-25H. The van der Waals surface area contributed by atoms with Gasteiger partial charge in [-0.05, 0) is 307 Å². The Bertz CT molecular complexity index is 10100. The molecule has 0 amide bonds. The summed E-state index contributed by atoms with van der Waals surface area (Å²) in [5.41, 5.74) is 17.1. The third-order valence-corrected chi connectivity index (χ3v) is 31.0. The Kier molecular flexibility index (Phi) is 16.7. The zero-order chi connectivity index (χ0) is 91.9. The molecule has 6 heterocycles. The molecule has 6 nitrogen and oxygen atoms in total. The maximum Gasteiger partial charge on any atom is 0.260 e. The monoisotopic (exact) mass is 1790 g/mol. The Balaban J connectivity index is 0.0000000972. The average Bonchev–Trinajstić information content (AvgIpc) is 0.710. The van der Waals surface area contributed by atoms with E-state index in [-0.39, 0.29) is 20.1 Å². The molecule has 0 radical (unpaired) electrons. The highest BCUT2D eigenvalue weighted by Crippen LogP contribution is 2.52. The smallest absolute Gasteiger partial charge is 0.260 e. The van der Waals surface area contributed by atoms with Crippen molar-refractivity contribution in [3.05, 3.63) is 455 Å². The van der Waals surface area contributed by atoms with Gasteiger partial charge in [-0.3, -0.25) is 0 Å². The molecule has 0 atom stereocenters. The molecule has 0 saturated carbocycles. The van der Waals surface area contributed by atoms with E-state index in [0.717, 1.165) is 108 Å². The number of hydrogen-bond donors (Lipinski definition) is 0. The number of ether oxygens (including phenoxy) is 6. The Labute approximate surface area is 810 Å². The normalized spacial score (nSPS) is 13.0. The maximum absolute atomic E-state index is 6.82. The first kappa shape index (κ1) is 78.1. The molecule has 0 bridgehead atoms. The van der Waals surface area contributed by atoms with Gasteiger partial charge in [-0.15, -0.1) is 0 Å². The summed E-state index contributed by atoms with van der Waals surface area (Å²) in [5.74, 6) is 10.6. The molecule has 0 fully saturated rings. The molecule has 0 N–H and O–H groups in total. The van der Waals surface area contributed by atoms with E-state index >= 15 is 0 Å². The van der Waals surface area contributed by atoms with Gasteiger partial charge in [0.25, 0.3) is 20.1 Å². The Morgan fingerprint density at radius 1 is 0.121 bits per heavy atom. The predicted molar refractivity (Wildman–Crippen MR) is 591 cm³/mol. The van der Waals surface area contributed by atoms with Crippen molar-refractivity contribution >= 4 is 231 Å². The Hall–Kier alpha value is -18.2. The van der Waals surface area contributed by atoms with Crippen LogP contribution in [-0.2, 0) is 0 Å². The summed E-state index contributed by atoms with van der Waals surface area (Å²) >= 11 is 0. The first-order valence-corrected chi connectivity index (χ1v) is 48.6. The summed E-state index contributed by atoms with van der Waals surface area (Å²) < 4.78 is 39.3. The van der Waals surface area contributed by atoms with E-state index in [9.17, 15) is 0 Å². The van der Waals surface area contributed by atoms with Gasteiger partial charge >= 0.3 is 0 Å². The lowest BCUT2D eigenvalue weighted by Gasteiger charge is -2.33. The van der Waals surface area contributed by atoms with Crippen LogP contribution >= 0.6 is 0 Å². The molecule has 0 unspecified atom stereocenters. The van der Waals surface area contributed by atoms with Crippen LogP contribution in [0.3, 0.4) is 0 Å². The van der Waals surface area contributed by atoms with Gasteiger partial charge in [-0.25, -0.2) is 0 Å². The Morgan fingerprint density at radius 3 is 0.695 bits per heavy atom. The van der Waals surface area contributed by atoms with Crippen LogP contribution in [0.5, 0.6) is 69.0 Å². The largest absolute Gasteiger partial charge is 0.458 e. The number of fused-ring (bicyclic) bond motifs is 45. The van der Waals surface area contributed by atoms with Gasteiger partial charge in [0.15, 0.2) is 0 Å². The van der Waals surface area contributed by atoms with Crippen LogP contribution in [0.15, 0.2) is 455 Å². The third-order valence-electron chi connectivity index (χ3n) is 31.0. The quantitative estimate of drug-likeness (QED) is 0.130. The lowest BCUT2D eigenvalue weighted by molar-refractivity contribution is 0.464. The van der Waals surface area contributed by atoms with Crippen LogP contribution < -0.4 is 77.6 Å². The molecule has 0 spiro atoms. The molecule has 0 saturated heterocycles. The summed E-state index contributed by atoms with van der Waals surface area (Å²) in [6.07, 6.45) is 0. The van der Waals surface area contributed by atoms with Crippen molar-refractivity contribution in [2.45, 2.75) is 0 Å². The summed E-state index contributed by atoms with van der Waals surface area (Å²) in [6, 6.07) is 164. The second kappa shape index (κ2) is 30.2. The molecule has 9 heteroatoms. The molecule has 27 aromatic rings. The van der Waals surface area contributed by atoms with Crippen molar-refractivity contribution in [2.24, 2.45) is 0 Å². The molecule has 0 aromatic heterocycles. The van der Waals surface area contributed by atoms with Gasteiger partial charge in [0.1, 0.15) is 69.0 Å². The molecule has 27 aromatic carbocycles. The number of benzene rings is 27. The fourth-order valence-corrected chi connectivity index (χ4v) is 25.1. The van der Waals surface area contributed by atoms with E-state index in [1.165, 1.54) is 205 Å². The van der Waals surface area contributed by atoms with E-state index in [1.807, 2.05) is 54.6 Å². The predicted octanol–water partition coefficient (Wildman–Crippen LogP) is 29.5. The number of rotatable bonds is 3. The molecule has 6 aliphatic rings. The highest BCUT2D eigenvalue weighted by Gasteiger charge is 2.44. The molecule has 6 aliphatic heterocycles. The van der Waals surface area contributed by atoms with Crippen LogP contribution in [0.1, 0.15) is 0 Å². The van der Waals surface area contributed by atoms with Gasteiger partial charge in [0.2, 0.25) is 0 Å². The lowest BCUT2D eigenvalue weighted by atomic mass is 9.34. The van der Waals surface area contributed by atoms with Gasteiger partial charge in [-0.2, -0.15) is 0 Å². The topological polar surface area (TPSA) is 55.4 Å². The summed E-state index contributed by atoms with van der Waals surface area (Å²) in [7, 11) is 0. The summed E-state index contributed by atoms with van der Waals surface area (Å²) in [6.45, 7) is 0.151. The second-order valence-corrected chi connectivity index (χ2v) is 38.2.